The second kappa shape index (κ2) is 6.65. The first kappa shape index (κ1) is 14.7. The third-order valence-corrected chi connectivity index (χ3v) is 2.86. The van der Waals surface area contributed by atoms with Crippen molar-refractivity contribution in [2.75, 3.05) is 7.11 Å². The van der Waals surface area contributed by atoms with Crippen molar-refractivity contribution in [2.24, 2.45) is 0 Å². The van der Waals surface area contributed by atoms with Gasteiger partial charge in [0.2, 0.25) is 0 Å². The van der Waals surface area contributed by atoms with E-state index in [0.717, 1.165) is 5.56 Å². The number of nitrogens with zero attached hydrogens (tertiary/aromatic N) is 4. The van der Waals surface area contributed by atoms with Gasteiger partial charge < -0.3 is 4.74 Å². The van der Waals surface area contributed by atoms with Crippen LogP contribution in [-0.2, 0) is 16.1 Å². The number of aromatic nitrogens is 4. The van der Waals surface area contributed by atoms with Crippen molar-refractivity contribution in [1.82, 2.24) is 15.1 Å². The first-order valence-corrected chi connectivity index (χ1v) is 6.36. The molecule has 2 heterocycles. The molecular formula is C14H15N4O3+. The van der Waals surface area contributed by atoms with E-state index >= 15 is 0 Å². The third-order valence-electron chi connectivity index (χ3n) is 2.86. The van der Waals surface area contributed by atoms with Crippen LogP contribution in [0.15, 0.2) is 30.9 Å². The number of carbonyl (C=O) groups excluding carboxylic acids is 2. The molecule has 0 aliphatic carbocycles. The molecule has 108 valence electrons. The van der Waals surface area contributed by atoms with Crippen LogP contribution >= 0.6 is 0 Å². The summed E-state index contributed by atoms with van der Waals surface area (Å²) in [4.78, 5) is 30.5. The quantitative estimate of drug-likeness (QED) is 0.454. The van der Waals surface area contributed by atoms with Crippen molar-refractivity contribution in [3.05, 3.63) is 36.4 Å². The van der Waals surface area contributed by atoms with Crippen molar-refractivity contribution < 1.29 is 19.0 Å². The molecule has 7 heteroatoms. The Morgan fingerprint density at radius 3 is 2.48 bits per heavy atom. The highest BCUT2D eigenvalue weighted by atomic mass is 16.5. The van der Waals surface area contributed by atoms with Gasteiger partial charge in [0, 0.05) is 24.0 Å². The number of Topliss-reactive ketones (excluding diaryl/α,β-unsaturated/α-hetero) is 1. The summed E-state index contributed by atoms with van der Waals surface area (Å²) in [6.45, 7) is 1.91. The van der Waals surface area contributed by atoms with Gasteiger partial charge in [0.25, 0.3) is 0 Å². The Morgan fingerprint density at radius 2 is 1.95 bits per heavy atom. The van der Waals surface area contributed by atoms with Crippen LogP contribution in [0.3, 0.4) is 0 Å². The summed E-state index contributed by atoms with van der Waals surface area (Å²) in [5.41, 5.74) is 1.20. The van der Waals surface area contributed by atoms with Crippen LogP contribution in [0.4, 0.5) is 0 Å². The molecule has 0 aromatic carbocycles. The first-order valence-electron chi connectivity index (χ1n) is 6.36. The molecule has 0 bridgehead atoms. The third kappa shape index (κ3) is 3.88. The molecule has 0 amide bonds. The maximum atomic E-state index is 11.2. The molecule has 0 fully saturated rings. The van der Waals surface area contributed by atoms with Crippen LogP contribution in [0.5, 0.6) is 0 Å². The Morgan fingerprint density at radius 1 is 1.24 bits per heavy atom. The molecule has 2 aromatic rings. The molecule has 2 rings (SSSR count). The topological polar surface area (TPSA) is 85.9 Å². The van der Waals surface area contributed by atoms with Gasteiger partial charge in [-0.05, 0) is 12.0 Å². The first-order chi connectivity index (χ1) is 10.1. The smallest absolute Gasteiger partial charge is 0.312 e. The van der Waals surface area contributed by atoms with E-state index < -0.39 is 0 Å². The van der Waals surface area contributed by atoms with Gasteiger partial charge in [-0.25, -0.2) is 9.97 Å². The van der Waals surface area contributed by atoms with E-state index in [-0.39, 0.29) is 18.2 Å². The average Bonchev–Trinajstić information content (AvgIpc) is 2.53. The van der Waals surface area contributed by atoms with Gasteiger partial charge in [0.05, 0.1) is 12.7 Å². The standard InChI is InChI=1S/C14H15N4O3/c1-10(19)12-7-15-14(16-8-12)11-3-5-18(17-9-11)6-4-13(20)21-2/h3,5,7-9H,4,6H2,1-2H3/q+1. The Labute approximate surface area is 121 Å². The molecule has 0 radical (unpaired) electrons. The van der Waals surface area contributed by atoms with Crippen molar-refractivity contribution in [3.8, 4) is 11.4 Å². The molecule has 0 saturated heterocycles. The SMILES string of the molecule is COC(=O)CC[n+]1ccc(-c2ncc(C(C)=O)cn2)cn1. The lowest BCUT2D eigenvalue weighted by Gasteiger charge is -1.99. The van der Waals surface area contributed by atoms with Crippen LogP contribution < -0.4 is 4.68 Å². The van der Waals surface area contributed by atoms with Crippen molar-refractivity contribution in [2.45, 2.75) is 19.9 Å². The molecule has 0 aliphatic rings. The number of methoxy groups -OCH3 is 1. The number of esters is 1. The predicted octanol–water partition coefficient (Wildman–Crippen LogP) is 0.592. The largest absolute Gasteiger partial charge is 0.469 e. The molecule has 0 N–H and O–H groups in total. The Kier molecular flexibility index (Phi) is 4.65. The Bertz CT molecular complexity index is 638. The molecule has 21 heavy (non-hydrogen) atoms. The van der Waals surface area contributed by atoms with Crippen molar-refractivity contribution >= 4 is 11.8 Å². The van der Waals surface area contributed by atoms with Crippen LogP contribution in [0, 0.1) is 0 Å². The number of ether oxygens (including phenoxy) is 1. The summed E-state index contributed by atoms with van der Waals surface area (Å²) in [6.07, 6.45) is 6.59. The minimum atomic E-state index is -0.281. The molecule has 0 saturated carbocycles. The highest BCUT2D eigenvalue weighted by Crippen LogP contribution is 2.11. The van der Waals surface area contributed by atoms with Crippen LogP contribution in [-0.4, -0.2) is 33.9 Å². The predicted molar refractivity (Wildman–Crippen MR) is 72.1 cm³/mol. The van der Waals surface area contributed by atoms with E-state index in [2.05, 4.69) is 19.8 Å². The van der Waals surface area contributed by atoms with E-state index in [4.69, 9.17) is 0 Å². The molecule has 0 aliphatic heterocycles. The molecule has 0 atom stereocenters. The lowest BCUT2D eigenvalue weighted by atomic mass is 10.2. The minimum absolute atomic E-state index is 0.0756. The summed E-state index contributed by atoms with van der Waals surface area (Å²) in [7, 11) is 1.35. The van der Waals surface area contributed by atoms with E-state index in [0.29, 0.717) is 17.9 Å². The number of rotatable bonds is 5. The molecular weight excluding hydrogens is 272 g/mol. The van der Waals surface area contributed by atoms with Gasteiger partial charge in [-0.3, -0.25) is 9.59 Å². The zero-order chi connectivity index (χ0) is 15.2. The molecule has 0 spiro atoms. The Hall–Kier alpha value is -2.70. The summed E-state index contributed by atoms with van der Waals surface area (Å²) < 4.78 is 6.20. The lowest BCUT2D eigenvalue weighted by molar-refractivity contribution is -0.752. The zero-order valence-electron chi connectivity index (χ0n) is 11.8. The highest BCUT2D eigenvalue weighted by Gasteiger charge is 2.10. The molecule has 7 nitrogen and oxygen atoms in total. The van der Waals surface area contributed by atoms with Gasteiger partial charge in [-0.2, -0.15) is 0 Å². The van der Waals surface area contributed by atoms with E-state index in [1.54, 1.807) is 23.1 Å². The highest BCUT2D eigenvalue weighted by molar-refractivity contribution is 5.93. The lowest BCUT2D eigenvalue weighted by Crippen LogP contribution is -2.38. The number of hydrogen-bond donors (Lipinski definition) is 0. The van der Waals surface area contributed by atoms with Gasteiger partial charge in [-0.15, -0.1) is 0 Å². The number of carbonyl (C=O) groups is 2. The fourth-order valence-electron chi connectivity index (χ4n) is 1.62. The van der Waals surface area contributed by atoms with Crippen molar-refractivity contribution in [3.63, 3.8) is 0 Å². The van der Waals surface area contributed by atoms with Crippen molar-refractivity contribution in [1.29, 1.82) is 0 Å². The number of hydrogen-bond acceptors (Lipinski definition) is 6. The Balaban J connectivity index is 2.07. The van der Waals surface area contributed by atoms with Crippen LogP contribution in [0.1, 0.15) is 23.7 Å². The molecule has 0 unspecified atom stereocenters. The number of ketones is 1. The van der Waals surface area contributed by atoms with Crippen LogP contribution in [0.25, 0.3) is 11.4 Å². The minimum Gasteiger partial charge on any atom is -0.469 e. The number of aryl methyl sites for hydroxylation is 1. The van der Waals surface area contributed by atoms with E-state index in [1.165, 1.54) is 26.4 Å². The monoisotopic (exact) mass is 287 g/mol. The maximum absolute atomic E-state index is 11.2. The van der Waals surface area contributed by atoms with Gasteiger partial charge in [0.1, 0.15) is 12.6 Å². The maximum Gasteiger partial charge on any atom is 0.312 e. The normalized spacial score (nSPS) is 10.2. The average molecular weight is 287 g/mol. The fraction of sp³-hybridized carbons (Fsp3) is 0.286. The second-order valence-corrected chi connectivity index (χ2v) is 4.36. The summed E-state index contributed by atoms with van der Waals surface area (Å²) >= 11 is 0. The van der Waals surface area contributed by atoms with E-state index in [1.807, 2.05) is 0 Å². The van der Waals surface area contributed by atoms with Gasteiger partial charge in [-0.1, -0.05) is 4.68 Å². The summed E-state index contributed by atoms with van der Waals surface area (Å²) in [5, 5.41) is 4.18. The van der Waals surface area contributed by atoms with E-state index in [9.17, 15) is 9.59 Å². The molecule has 2 aromatic heterocycles. The zero-order valence-corrected chi connectivity index (χ0v) is 11.8. The fourth-order valence-corrected chi connectivity index (χ4v) is 1.62. The summed E-state index contributed by atoms with van der Waals surface area (Å²) in [5.74, 6) is 0.137. The van der Waals surface area contributed by atoms with Gasteiger partial charge in [0.15, 0.2) is 24.3 Å². The second-order valence-electron chi connectivity index (χ2n) is 4.36. The van der Waals surface area contributed by atoms with Crippen LogP contribution in [0.2, 0.25) is 0 Å². The summed E-state index contributed by atoms with van der Waals surface area (Å²) in [6, 6.07) is 1.80. The van der Waals surface area contributed by atoms with Gasteiger partial charge >= 0.3 is 5.97 Å².